The number of rotatable bonds is 7. The van der Waals surface area contributed by atoms with Crippen LogP contribution in [0.3, 0.4) is 0 Å². The van der Waals surface area contributed by atoms with Crippen LogP contribution in [-0.4, -0.2) is 60.5 Å². The predicted molar refractivity (Wildman–Crippen MR) is 172 cm³/mol. The number of piperazine rings is 1. The molecular weight excluding hydrogens is 600 g/mol. The van der Waals surface area contributed by atoms with Crippen LogP contribution < -0.4 is 29.6 Å². The number of benzene rings is 2. The summed E-state index contributed by atoms with van der Waals surface area (Å²) >= 11 is 0. The van der Waals surface area contributed by atoms with Gasteiger partial charge in [0.2, 0.25) is 12.7 Å². The molecule has 4 aliphatic heterocycles. The Morgan fingerprint density at radius 2 is 1.89 bits per heavy atom. The lowest BCUT2D eigenvalue weighted by atomic mass is 9.72. The first kappa shape index (κ1) is 31.6. The van der Waals surface area contributed by atoms with E-state index in [4.69, 9.17) is 18.9 Å². The summed E-state index contributed by atoms with van der Waals surface area (Å²) in [4.78, 5) is 28.0. The van der Waals surface area contributed by atoms with Crippen LogP contribution in [0, 0.1) is 31.1 Å². The smallest absolute Gasteiger partial charge is 0.308 e. The maximum absolute atomic E-state index is 13.4. The van der Waals surface area contributed by atoms with Crippen molar-refractivity contribution >= 4 is 11.9 Å². The van der Waals surface area contributed by atoms with Crippen LogP contribution in [-0.2, 0) is 22.4 Å². The average Bonchev–Trinajstić information content (AvgIpc) is 3.55. The molecule has 47 heavy (non-hydrogen) atoms. The fourth-order valence-electron chi connectivity index (χ4n) is 9.00. The van der Waals surface area contributed by atoms with Gasteiger partial charge in [-0.15, -0.1) is 0 Å². The summed E-state index contributed by atoms with van der Waals surface area (Å²) in [5.41, 5.74) is 4.78. The quantitative estimate of drug-likeness (QED) is 0.290. The highest BCUT2D eigenvalue weighted by Gasteiger charge is 2.54. The van der Waals surface area contributed by atoms with E-state index in [2.05, 4.69) is 21.6 Å². The van der Waals surface area contributed by atoms with E-state index in [-0.39, 0.29) is 43.1 Å². The molecule has 1 amide bonds. The van der Waals surface area contributed by atoms with Gasteiger partial charge in [0.1, 0.15) is 11.8 Å². The first-order valence-electron chi connectivity index (χ1n) is 16.9. The number of carbonyl (C=O) groups excluding carboxylic acids is 2. The minimum absolute atomic E-state index is 0.0188. The number of amides is 1. The second-order valence-electron chi connectivity index (χ2n) is 13.8. The van der Waals surface area contributed by atoms with Gasteiger partial charge < -0.3 is 34.7 Å². The summed E-state index contributed by atoms with van der Waals surface area (Å²) in [6.45, 7) is 5.39. The van der Waals surface area contributed by atoms with Crippen molar-refractivity contribution in [3.8, 4) is 34.8 Å². The Morgan fingerprint density at radius 1 is 1.13 bits per heavy atom. The van der Waals surface area contributed by atoms with Gasteiger partial charge in [0.05, 0.1) is 25.3 Å². The van der Waals surface area contributed by atoms with E-state index in [1.807, 2.05) is 19.9 Å². The minimum Gasteiger partial charge on any atom is -0.504 e. The number of fused-ring (bicyclic) bond motifs is 9. The number of methoxy groups -OCH3 is 1. The molecule has 3 N–H and O–H groups in total. The van der Waals surface area contributed by atoms with Gasteiger partial charge in [0, 0.05) is 54.2 Å². The molecule has 5 atom stereocenters. The van der Waals surface area contributed by atoms with Crippen molar-refractivity contribution in [2.24, 2.45) is 5.92 Å². The largest absolute Gasteiger partial charge is 0.504 e. The number of aromatic hydroxyl groups is 1. The number of nitrogens with zero attached hydrogens (tertiary/aromatic N) is 2. The molecule has 250 valence electrons. The second kappa shape index (κ2) is 12.5. The topological polar surface area (TPSA) is 142 Å². The Kier molecular flexibility index (Phi) is 8.43. The first-order chi connectivity index (χ1) is 22.7. The van der Waals surface area contributed by atoms with Gasteiger partial charge in [-0.05, 0) is 50.2 Å². The third kappa shape index (κ3) is 5.35. The second-order valence-corrected chi connectivity index (χ2v) is 13.8. The molecule has 2 bridgehead atoms. The van der Waals surface area contributed by atoms with Crippen LogP contribution in [0.1, 0.15) is 97.3 Å². The first-order valence-corrected chi connectivity index (χ1v) is 16.9. The number of phenols is 1. The van der Waals surface area contributed by atoms with E-state index in [0.717, 1.165) is 34.2 Å². The van der Waals surface area contributed by atoms with E-state index < -0.39 is 18.1 Å². The van der Waals surface area contributed by atoms with Crippen LogP contribution in [0.15, 0.2) is 6.07 Å². The molecule has 1 saturated heterocycles. The van der Waals surface area contributed by atoms with E-state index in [1.165, 1.54) is 39.0 Å². The highest BCUT2D eigenvalue weighted by molar-refractivity contribution is 5.77. The molecule has 11 nitrogen and oxygen atoms in total. The normalized spacial score (nSPS) is 26.0. The summed E-state index contributed by atoms with van der Waals surface area (Å²) in [7, 11) is 1.55. The van der Waals surface area contributed by atoms with Gasteiger partial charge in [-0.3, -0.25) is 14.5 Å². The highest BCUT2D eigenvalue weighted by atomic mass is 16.7. The fraction of sp³-hybridized carbons (Fsp3) is 0.583. The summed E-state index contributed by atoms with van der Waals surface area (Å²) in [5.74, 6) is 2.12. The van der Waals surface area contributed by atoms with E-state index in [1.54, 1.807) is 7.11 Å². The molecule has 0 spiro atoms. The molecule has 2 fully saturated rings. The predicted octanol–water partition coefficient (Wildman–Crippen LogP) is 4.58. The van der Waals surface area contributed by atoms with Crippen molar-refractivity contribution in [3.63, 3.8) is 0 Å². The van der Waals surface area contributed by atoms with Gasteiger partial charge >= 0.3 is 5.97 Å². The number of aryl methyl sites for hydroxylation is 1. The van der Waals surface area contributed by atoms with Gasteiger partial charge in [-0.1, -0.05) is 38.2 Å². The molecule has 11 heteroatoms. The van der Waals surface area contributed by atoms with Gasteiger partial charge in [-0.25, -0.2) is 0 Å². The zero-order valence-corrected chi connectivity index (χ0v) is 27.6. The Labute approximate surface area is 275 Å². The van der Waals surface area contributed by atoms with Crippen LogP contribution >= 0.6 is 0 Å². The van der Waals surface area contributed by atoms with Gasteiger partial charge in [0.15, 0.2) is 23.0 Å². The number of phenolic OH excluding ortho intramolecular Hbond substituents is 1. The zero-order chi connectivity index (χ0) is 33.0. The molecule has 4 heterocycles. The monoisotopic (exact) mass is 644 g/mol. The Bertz CT molecular complexity index is 1650. The van der Waals surface area contributed by atoms with Crippen molar-refractivity contribution < 1.29 is 33.6 Å². The molecule has 2 aromatic carbocycles. The minimum atomic E-state index is -0.553. The summed E-state index contributed by atoms with van der Waals surface area (Å²) in [6.07, 6.45) is 8.36. The zero-order valence-electron chi connectivity index (χ0n) is 27.6. The van der Waals surface area contributed by atoms with E-state index in [0.29, 0.717) is 53.7 Å². The van der Waals surface area contributed by atoms with Gasteiger partial charge in [0.25, 0.3) is 0 Å². The van der Waals surface area contributed by atoms with Crippen molar-refractivity contribution in [1.29, 1.82) is 5.26 Å². The summed E-state index contributed by atoms with van der Waals surface area (Å²) in [6, 6.07) is 2.67. The van der Waals surface area contributed by atoms with Crippen molar-refractivity contribution in [2.45, 2.75) is 109 Å². The number of nitrogens with one attached hydrogen (secondary N) is 2. The molecule has 7 rings (SSSR count). The third-order valence-electron chi connectivity index (χ3n) is 11.0. The lowest BCUT2D eigenvalue weighted by molar-refractivity contribution is -0.132. The van der Waals surface area contributed by atoms with Crippen molar-refractivity contribution in [2.75, 3.05) is 20.4 Å². The molecule has 0 aromatic heterocycles. The highest BCUT2D eigenvalue weighted by Crippen LogP contribution is 2.56. The molecule has 0 radical (unpaired) electrons. The summed E-state index contributed by atoms with van der Waals surface area (Å²) < 4.78 is 23.5. The maximum Gasteiger partial charge on any atom is 0.308 e. The lowest BCUT2D eigenvalue weighted by Gasteiger charge is -2.56. The number of carbonyl (C=O) groups is 2. The van der Waals surface area contributed by atoms with E-state index in [9.17, 15) is 20.0 Å². The Hall–Kier alpha value is -4.01. The number of esters is 1. The molecular formula is C36H44N4O7. The molecule has 1 saturated carbocycles. The Balaban J connectivity index is 1.33. The fourth-order valence-corrected chi connectivity index (χ4v) is 9.00. The lowest BCUT2D eigenvalue weighted by Crippen LogP contribution is -2.68. The van der Waals surface area contributed by atoms with Crippen LogP contribution in [0.4, 0.5) is 0 Å². The number of hydrogen-bond donors (Lipinski definition) is 3. The maximum atomic E-state index is 13.4. The van der Waals surface area contributed by atoms with Crippen molar-refractivity contribution in [1.82, 2.24) is 15.5 Å². The van der Waals surface area contributed by atoms with Crippen LogP contribution in [0.2, 0.25) is 0 Å². The summed E-state index contributed by atoms with van der Waals surface area (Å²) in [5, 5.41) is 29.2. The number of ether oxygens (including phenoxy) is 4. The van der Waals surface area contributed by atoms with Gasteiger partial charge in [-0.2, -0.15) is 5.26 Å². The molecule has 5 aliphatic rings. The Morgan fingerprint density at radius 3 is 2.62 bits per heavy atom. The standard InChI is InChI=1S/C36H44N4O7/c1-18-12-22-13-24-26(15-37)40-25(31(39-24)29(22)32(43)33(18)44-4)14-23-30(36-35(45-17-46-36)19(2)34(23)47-20(3)41)27(40)16-38-28(42)11-10-21-8-6-5-7-9-21/h12,21,24-27,31,39,43H,5-11,13-14,16-17H2,1-4H3,(H,38,42)/t24-,25?,26-,27?,31-/m0/s1. The van der Waals surface area contributed by atoms with Crippen molar-refractivity contribution in [3.05, 3.63) is 39.4 Å². The van der Waals surface area contributed by atoms with E-state index >= 15 is 0 Å². The van der Waals surface area contributed by atoms with Crippen LogP contribution in [0.25, 0.3) is 0 Å². The molecule has 1 aliphatic carbocycles. The average molecular weight is 645 g/mol. The molecule has 2 unspecified atom stereocenters. The number of hydrogen-bond acceptors (Lipinski definition) is 10. The SMILES string of the molecule is COc1c(C)cc2c(c1O)[C@H]1N[C@@H](C2)[C@H](C#N)N2C(CNC(=O)CCC3CCCCC3)c3c(c(OC(C)=O)c(C)c4c3OCO4)CC12. The number of nitriles is 1. The third-order valence-corrected chi connectivity index (χ3v) is 11.0. The van der Waals surface area contributed by atoms with Crippen LogP contribution in [0.5, 0.6) is 28.7 Å². The molecule has 2 aromatic rings.